The lowest BCUT2D eigenvalue weighted by atomic mass is 9.82. The van der Waals surface area contributed by atoms with Crippen molar-refractivity contribution in [2.24, 2.45) is 5.92 Å². The molecule has 0 bridgehead atoms. The third kappa shape index (κ3) is 2.69. The second-order valence-corrected chi connectivity index (χ2v) is 4.53. The molecule has 2 N–H and O–H groups in total. The summed E-state index contributed by atoms with van der Waals surface area (Å²) in [6.07, 6.45) is 3.00. The monoisotopic (exact) mass is 201 g/mol. The minimum atomic E-state index is -0.691. The van der Waals surface area contributed by atoms with Gasteiger partial charge in [0.25, 0.3) is 0 Å². The van der Waals surface area contributed by atoms with Gasteiger partial charge in [-0.05, 0) is 31.7 Å². The van der Waals surface area contributed by atoms with Gasteiger partial charge in [-0.2, -0.15) is 0 Å². The van der Waals surface area contributed by atoms with E-state index in [2.05, 4.69) is 12.2 Å². The van der Waals surface area contributed by atoms with E-state index in [1.807, 2.05) is 6.92 Å². The molecule has 1 rings (SSSR count). The number of rotatable bonds is 4. The van der Waals surface area contributed by atoms with E-state index in [9.17, 15) is 5.11 Å². The Bertz CT molecular complexity index is 175. The number of hydrogen-bond donors (Lipinski definition) is 2. The van der Waals surface area contributed by atoms with Crippen LogP contribution in [0.4, 0.5) is 0 Å². The summed E-state index contributed by atoms with van der Waals surface area (Å²) in [5, 5.41) is 13.8. The number of piperidine rings is 1. The standard InChI is InChI=1S/C11H23NO2/c1-4-11(13,8-14-3)10-7-9(2)5-6-12-10/h9-10,12-13H,4-8H2,1-3H3. The van der Waals surface area contributed by atoms with Crippen LogP contribution in [0.2, 0.25) is 0 Å². The van der Waals surface area contributed by atoms with Crippen LogP contribution in [0.25, 0.3) is 0 Å². The van der Waals surface area contributed by atoms with Gasteiger partial charge >= 0.3 is 0 Å². The van der Waals surface area contributed by atoms with Crippen LogP contribution in [0.3, 0.4) is 0 Å². The largest absolute Gasteiger partial charge is 0.386 e. The molecule has 14 heavy (non-hydrogen) atoms. The van der Waals surface area contributed by atoms with Gasteiger partial charge in [-0.15, -0.1) is 0 Å². The maximum Gasteiger partial charge on any atom is 0.103 e. The molecule has 3 nitrogen and oxygen atoms in total. The minimum absolute atomic E-state index is 0.191. The molecule has 0 aromatic heterocycles. The molecule has 1 aliphatic rings. The fourth-order valence-corrected chi connectivity index (χ4v) is 2.22. The molecule has 0 amide bonds. The number of hydrogen-bond acceptors (Lipinski definition) is 3. The van der Waals surface area contributed by atoms with Crippen molar-refractivity contribution < 1.29 is 9.84 Å². The highest BCUT2D eigenvalue weighted by Crippen LogP contribution is 2.25. The van der Waals surface area contributed by atoms with Crippen molar-refractivity contribution in [1.82, 2.24) is 5.32 Å². The molecule has 1 aliphatic heterocycles. The van der Waals surface area contributed by atoms with Gasteiger partial charge in [-0.1, -0.05) is 13.8 Å². The lowest BCUT2D eigenvalue weighted by molar-refractivity contribution is -0.0698. The van der Waals surface area contributed by atoms with Crippen LogP contribution in [0, 0.1) is 5.92 Å². The van der Waals surface area contributed by atoms with Crippen molar-refractivity contribution in [3.63, 3.8) is 0 Å². The molecule has 0 aliphatic carbocycles. The lowest BCUT2D eigenvalue weighted by Gasteiger charge is -2.40. The smallest absolute Gasteiger partial charge is 0.103 e. The first-order valence-electron chi connectivity index (χ1n) is 5.57. The molecular formula is C11H23NO2. The van der Waals surface area contributed by atoms with Crippen LogP contribution in [-0.4, -0.2) is 37.0 Å². The van der Waals surface area contributed by atoms with Crippen molar-refractivity contribution in [2.75, 3.05) is 20.3 Å². The molecule has 3 unspecified atom stereocenters. The van der Waals surface area contributed by atoms with E-state index in [0.717, 1.165) is 19.4 Å². The average molecular weight is 201 g/mol. The highest BCUT2D eigenvalue weighted by atomic mass is 16.5. The van der Waals surface area contributed by atoms with Gasteiger partial charge in [0.05, 0.1) is 6.61 Å². The lowest BCUT2D eigenvalue weighted by Crippen LogP contribution is -2.56. The summed E-state index contributed by atoms with van der Waals surface area (Å²) >= 11 is 0. The van der Waals surface area contributed by atoms with E-state index >= 15 is 0 Å². The van der Waals surface area contributed by atoms with Crippen LogP contribution in [-0.2, 0) is 4.74 Å². The summed E-state index contributed by atoms with van der Waals surface area (Å²) in [6.45, 7) is 5.70. The molecule has 84 valence electrons. The van der Waals surface area contributed by atoms with Gasteiger partial charge in [0, 0.05) is 13.2 Å². The van der Waals surface area contributed by atoms with Gasteiger partial charge < -0.3 is 15.2 Å². The van der Waals surface area contributed by atoms with Crippen molar-refractivity contribution in [2.45, 2.75) is 44.8 Å². The Morgan fingerprint density at radius 1 is 1.57 bits per heavy atom. The summed E-state index contributed by atoms with van der Waals surface area (Å²) in [5.74, 6) is 0.705. The number of methoxy groups -OCH3 is 1. The van der Waals surface area contributed by atoms with Crippen molar-refractivity contribution in [3.8, 4) is 0 Å². The van der Waals surface area contributed by atoms with Crippen LogP contribution in [0.1, 0.15) is 33.1 Å². The first kappa shape index (κ1) is 12.0. The molecule has 1 saturated heterocycles. The Morgan fingerprint density at radius 2 is 2.29 bits per heavy atom. The van der Waals surface area contributed by atoms with Crippen molar-refractivity contribution in [3.05, 3.63) is 0 Å². The number of nitrogens with one attached hydrogen (secondary N) is 1. The summed E-state index contributed by atoms with van der Waals surface area (Å²) in [7, 11) is 1.65. The summed E-state index contributed by atoms with van der Waals surface area (Å²) in [6, 6.07) is 0.191. The fourth-order valence-electron chi connectivity index (χ4n) is 2.22. The molecule has 0 aromatic carbocycles. The van der Waals surface area contributed by atoms with Gasteiger partial charge in [0.15, 0.2) is 0 Å². The zero-order valence-electron chi connectivity index (χ0n) is 9.55. The average Bonchev–Trinajstić information content (AvgIpc) is 2.18. The molecule has 1 fully saturated rings. The van der Waals surface area contributed by atoms with E-state index in [-0.39, 0.29) is 6.04 Å². The third-order valence-corrected chi connectivity index (χ3v) is 3.32. The Morgan fingerprint density at radius 3 is 2.79 bits per heavy atom. The van der Waals surface area contributed by atoms with Gasteiger partial charge in [-0.25, -0.2) is 0 Å². The van der Waals surface area contributed by atoms with E-state index in [1.54, 1.807) is 7.11 Å². The van der Waals surface area contributed by atoms with Crippen LogP contribution in [0.5, 0.6) is 0 Å². The maximum atomic E-state index is 10.4. The predicted octanol–water partition coefficient (Wildman–Crippen LogP) is 1.16. The van der Waals surface area contributed by atoms with Gasteiger partial charge in [-0.3, -0.25) is 0 Å². The Kier molecular flexibility index (Phi) is 4.35. The maximum absolute atomic E-state index is 10.4. The van der Waals surface area contributed by atoms with Crippen LogP contribution < -0.4 is 5.32 Å². The quantitative estimate of drug-likeness (QED) is 0.717. The molecule has 1 heterocycles. The summed E-state index contributed by atoms with van der Waals surface area (Å²) in [4.78, 5) is 0. The topological polar surface area (TPSA) is 41.5 Å². The molecule has 3 atom stereocenters. The second-order valence-electron chi connectivity index (χ2n) is 4.53. The van der Waals surface area contributed by atoms with E-state index < -0.39 is 5.60 Å². The first-order chi connectivity index (χ1) is 6.62. The SMILES string of the molecule is CCC(O)(COC)C1CC(C)CCN1. The summed E-state index contributed by atoms with van der Waals surface area (Å²) in [5.41, 5.74) is -0.691. The minimum Gasteiger partial charge on any atom is -0.386 e. The molecule has 0 aromatic rings. The molecule has 3 heteroatoms. The highest BCUT2D eigenvalue weighted by Gasteiger charge is 2.37. The Balaban J connectivity index is 2.58. The van der Waals surface area contributed by atoms with Crippen molar-refractivity contribution >= 4 is 0 Å². The van der Waals surface area contributed by atoms with Crippen molar-refractivity contribution in [1.29, 1.82) is 0 Å². The van der Waals surface area contributed by atoms with Crippen LogP contribution in [0.15, 0.2) is 0 Å². The molecular weight excluding hydrogens is 178 g/mol. The van der Waals surface area contributed by atoms with E-state index in [0.29, 0.717) is 12.5 Å². The third-order valence-electron chi connectivity index (χ3n) is 3.32. The summed E-state index contributed by atoms with van der Waals surface area (Å²) < 4.78 is 5.10. The fraction of sp³-hybridized carbons (Fsp3) is 1.00. The normalized spacial score (nSPS) is 32.6. The zero-order chi connectivity index (χ0) is 10.6. The van der Waals surface area contributed by atoms with E-state index in [4.69, 9.17) is 4.74 Å². The molecule has 0 spiro atoms. The first-order valence-corrected chi connectivity index (χ1v) is 5.57. The Labute approximate surface area is 86.8 Å². The zero-order valence-corrected chi connectivity index (χ0v) is 9.55. The molecule has 0 radical (unpaired) electrons. The van der Waals surface area contributed by atoms with E-state index in [1.165, 1.54) is 6.42 Å². The molecule has 0 saturated carbocycles. The second kappa shape index (κ2) is 5.10. The highest BCUT2D eigenvalue weighted by molar-refractivity contribution is 4.93. The number of aliphatic hydroxyl groups is 1. The van der Waals surface area contributed by atoms with Gasteiger partial charge in [0.2, 0.25) is 0 Å². The Hall–Kier alpha value is -0.120. The predicted molar refractivity (Wildman–Crippen MR) is 57.3 cm³/mol. The van der Waals surface area contributed by atoms with Gasteiger partial charge in [0.1, 0.15) is 5.60 Å². The number of ether oxygens (including phenoxy) is 1. The van der Waals surface area contributed by atoms with Crippen LogP contribution >= 0.6 is 0 Å².